The smallest absolute Gasteiger partial charge is 0.186 e. The summed E-state index contributed by atoms with van der Waals surface area (Å²) >= 11 is 1.32. The van der Waals surface area contributed by atoms with Gasteiger partial charge in [0.15, 0.2) is 5.12 Å². The normalized spacial score (nSPS) is 10.8. The first-order chi connectivity index (χ1) is 9.25. The number of aromatic nitrogens is 1. The van der Waals surface area contributed by atoms with Crippen LogP contribution in [-0.2, 0) is 4.79 Å². The monoisotopic (exact) mass is 269 g/mol. The molecule has 0 amide bonds. The first kappa shape index (κ1) is 13.6. The maximum atomic E-state index is 10.8. The highest BCUT2D eigenvalue weighted by atomic mass is 32.2. The van der Waals surface area contributed by atoms with Crippen LogP contribution in [-0.4, -0.2) is 15.9 Å². The minimum absolute atomic E-state index is 0.151. The van der Waals surface area contributed by atoms with Gasteiger partial charge in [-0.25, -0.2) is 0 Å². The maximum absolute atomic E-state index is 10.8. The van der Waals surface area contributed by atoms with Gasteiger partial charge in [-0.15, -0.1) is 0 Å². The topological polar surface area (TPSA) is 30.0 Å². The number of benzene rings is 1. The Morgan fingerprint density at radius 3 is 2.37 bits per heavy atom. The van der Waals surface area contributed by atoms with E-state index < -0.39 is 0 Å². The molecule has 1 heterocycles. The Kier molecular flexibility index (Phi) is 4.93. The zero-order chi connectivity index (χ0) is 13.5. The lowest BCUT2D eigenvalue weighted by molar-refractivity contribution is -0.109. The zero-order valence-corrected chi connectivity index (χ0v) is 11.6. The van der Waals surface area contributed by atoms with Gasteiger partial charge in [-0.1, -0.05) is 48.2 Å². The maximum Gasteiger partial charge on any atom is 0.186 e. The highest BCUT2D eigenvalue weighted by molar-refractivity contribution is 8.13. The number of thioether (sulfide) groups is 1. The lowest BCUT2D eigenvalue weighted by Crippen LogP contribution is -1.82. The van der Waals surface area contributed by atoms with Crippen molar-refractivity contribution in [3.05, 3.63) is 60.4 Å². The third kappa shape index (κ3) is 4.38. The van der Waals surface area contributed by atoms with E-state index >= 15 is 0 Å². The van der Waals surface area contributed by atoms with E-state index in [-0.39, 0.29) is 5.12 Å². The number of carbonyl (C=O) groups is 1. The van der Waals surface area contributed by atoms with Gasteiger partial charge >= 0.3 is 0 Å². The average molecular weight is 269 g/mol. The number of pyridine rings is 1. The van der Waals surface area contributed by atoms with Crippen LogP contribution in [0.1, 0.15) is 12.5 Å². The standard InChI is InChI=1S/C16H15NOS/c1-13(18)19-12-2-3-14-4-6-15(7-5-14)16-8-10-17-11-9-16/h2-11H,12H2,1H3. The summed E-state index contributed by atoms with van der Waals surface area (Å²) in [6, 6.07) is 12.3. The van der Waals surface area contributed by atoms with Crippen LogP contribution in [0.25, 0.3) is 17.2 Å². The fourth-order valence-electron chi connectivity index (χ4n) is 1.68. The molecule has 2 nitrogen and oxygen atoms in total. The highest BCUT2D eigenvalue weighted by Crippen LogP contribution is 2.19. The second-order valence-corrected chi connectivity index (χ2v) is 5.26. The molecular formula is C16H15NOS. The molecule has 0 N–H and O–H groups in total. The molecule has 96 valence electrons. The van der Waals surface area contributed by atoms with Gasteiger partial charge in [0.1, 0.15) is 0 Å². The highest BCUT2D eigenvalue weighted by Gasteiger charge is 1.96. The molecule has 1 aromatic carbocycles. The van der Waals surface area contributed by atoms with Crippen molar-refractivity contribution >= 4 is 23.0 Å². The van der Waals surface area contributed by atoms with Crippen LogP contribution in [0, 0.1) is 0 Å². The summed E-state index contributed by atoms with van der Waals surface area (Å²) in [4.78, 5) is 14.8. The largest absolute Gasteiger partial charge is 0.288 e. The van der Waals surface area contributed by atoms with Gasteiger partial charge in [0.25, 0.3) is 0 Å². The van der Waals surface area contributed by atoms with Crippen molar-refractivity contribution in [2.24, 2.45) is 0 Å². The van der Waals surface area contributed by atoms with E-state index in [2.05, 4.69) is 29.2 Å². The second-order valence-electron chi connectivity index (χ2n) is 4.06. The molecule has 0 saturated carbocycles. The summed E-state index contributed by atoms with van der Waals surface area (Å²) in [7, 11) is 0. The van der Waals surface area contributed by atoms with Gasteiger partial charge in [0.05, 0.1) is 0 Å². The average Bonchev–Trinajstić information content (AvgIpc) is 2.45. The second kappa shape index (κ2) is 6.90. The van der Waals surface area contributed by atoms with Crippen LogP contribution in [0.5, 0.6) is 0 Å². The van der Waals surface area contributed by atoms with Gasteiger partial charge in [0.2, 0.25) is 0 Å². The molecule has 0 atom stereocenters. The Morgan fingerprint density at radius 1 is 1.11 bits per heavy atom. The molecule has 0 bridgehead atoms. The van der Waals surface area contributed by atoms with E-state index in [4.69, 9.17) is 0 Å². The summed E-state index contributed by atoms with van der Waals surface area (Å²) in [6.07, 6.45) is 7.63. The molecule has 3 heteroatoms. The summed E-state index contributed by atoms with van der Waals surface area (Å²) < 4.78 is 0. The third-order valence-corrected chi connectivity index (χ3v) is 3.38. The number of hydrogen-bond acceptors (Lipinski definition) is 3. The Labute approximate surface area is 117 Å². The predicted octanol–water partition coefficient (Wildman–Crippen LogP) is 4.04. The summed E-state index contributed by atoms with van der Waals surface area (Å²) in [5.41, 5.74) is 3.48. The van der Waals surface area contributed by atoms with Crippen LogP contribution >= 0.6 is 11.8 Å². The van der Waals surface area contributed by atoms with Crippen molar-refractivity contribution in [3.8, 4) is 11.1 Å². The minimum Gasteiger partial charge on any atom is -0.288 e. The van der Waals surface area contributed by atoms with Gasteiger partial charge < -0.3 is 0 Å². The molecule has 1 aromatic heterocycles. The van der Waals surface area contributed by atoms with E-state index in [0.29, 0.717) is 0 Å². The number of nitrogens with zero attached hydrogens (tertiary/aromatic N) is 1. The molecule has 0 aliphatic carbocycles. The Bertz CT molecular complexity index is 561. The number of rotatable bonds is 4. The molecule has 0 aliphatic heterocycles. The summed E-state index contributed by atoms with van der Waals surface area (Å²) in [5, 5.41) is 0.151. The van der Waals surface area contributed by atoms with Crippen LogP contribution in [0.4, 0.5) is 0 Å². The van der Waals surface area contributed by atoms with Crippen LogP contribution in [0.2, 0.25) is 0 Å². The number of carbonyl (C=O) groups excluding carboxylic acids is 1. The van der Waals surface area contributed by atoms with E-state index in [9.17, 15) is 4.79 Å². The lowest BCUT2D eigenvalue weighted by atomic mass is 10.1. The predicted molar refractivity (Wildman–Crippen MR) is 81.8 cm³/mol. The summed E-state index contributed by atoms with van der Waals surface area (Å²) in [5.74, 6) is 0.724. The quantitative estimate of drug-likeness (QED) is 0.839. The molecule has 0 aliphatic rings. The molecule has 0 radical (unpaired) electrons. The van der Waals surface area contributed by atoms with E-state index in [1.165, 1.54) is 17.3 Å². The van der Waals surface area contributed by atoms with Gasteiger partial charge in [-0.05, 0) is 28.8 Å². The molecule has 2 aromatic rings. The van der Waals surface area contributed by atoms with Gasteiger partial charge in [-0.3, -0.25) is 9.78 Å². The van der Waals surface area contributed by atoms with Crippen molar-refractivity contribution < 1.29 is 4.79 Å². The third-order valence-electron chi connectivity index (χ3n) is 2.62. The molecule has 0 spiro atoms. The van der Waals surface area contributed by atoms with Crippen LogP contribution < -0.4 is 0 Å². The minimum atomic E-state index is 0.151. The van der Waals surface area contributed by atoms with Crippen LogP contribution in [0.15, 0.2) is 54.9 Å². The summed E-state index contributed by atoms with van der Waals surface area (Å²) in [6.45, 7) is 1.59. The molecule has 0 fully saturated rings. The van der Waals surface area contributed by atoms with Crippen molar-refractivity contribution in [3.63, 3.8) is 0 Å². The van der Waals surface area contributed by atoms with E-state index in [1.807, 2.05) is 24.3 Å². The SMILES string of the molecule is CC(=O)SCC=Cc1ccc(-c2ccncc2)cc1. The first-order valence-corrected chi connectivity index (χ1v) is 7.04. The zero-order valence-electron chi connectivity index (χ0n) is 10.7. The van der Waals surface area contributed by atoms with Crippen LogP contribution in [0.3, 0.4) is 0 Å². The first-order valence-electron chi connectivity index (χ1n) is 6.06. The Hall–Kier alpha value is -1.87. The molecule has 0 unspecified atom stereocenters. The molecular weight excluding hydrogens is 254 g/mol. The number of hydrogen-bond donors (Lipinski definition) is 0. The Morgan fingerprint density at radius 2 is 1.74 bits per heavy atom. The Balaban J connectivity index is 2.01. The van der Waals surface area contributed by atoms with Crippen molar-refractivity contribution in [2.45, 2.75) is 6.92 Å². The van der Waals surface area contributed by atoms with Gasteiger partial charge in [-0.2, -0.15) is 0 Å². The fraction of sp³-hybridized carbons (Fsp3) is 0.125. The van der Waals surface area contributed by atoms with Crippen molar-refractivity contribution in [2.75, 3.05) is 5.75 Å². The van der Waals surface area contributed by atoms with Gasteiger partial charge in [0, 0.05) is 25.1 Å². The molecule has 0 saturated heterocycles. The van der Waals surface area contributed by atoms with Crippen molar-refractivity contribution in [1.82, 2.24) is 4.98 Å². The molecule has 19 heavy (non-hydrogen) atoms. The van der Waals surface area contributed by atoms with Crippen molar-refractivity contribution in [1.29, 1.82) is 0 Å². The fourth-order valence-corrected chi connectivity index (χ4v) is 2.11. The van der Waals surface area contributed by atoms with E-state index in [1.54, 1.807) is 19.3 Å². The molecule has 2 rings (SSSR count). The lowest BCUT2D eigenvalue weighted by Gasteiger charge is -2.01. The van der Waals surface area contributed by atoms with E-state index in [0.717, 1.165) is 16.9 Å².